The molecule has 0 aliphatic carbocycles. The number of benzene rings is 1. The lowest BCUT2D eigenvalue weighted by molar-refractivity contribution is 0.0397. The maximum atomic E-state index is 10.2. The number of rotatable bonds is 2. The number of phenolic OH excluding ortho intramolecular Hbond substituents is 1. The van der Waals surface area contributed by atoms with Crippen LogP contribution in [0.3, 0.4) is 0 Å². The number of aliphatic hydroxyl groups excluding tert-OH is 1. The topological polar surface area (TPSA) is 66.5 Å². The van der Waals surface area contributed by atoms with Gasteiger partial charge in [-0.25, -0.2) is 0 Å². The summed E-state index contributed by atoms with van der Waals surface area (Å²) in [4.78, 5) is 0. The Kier molecular flexibility index (Phi) is 3.84. The molecule has 0 aliphatic rings. The van der Waals surface area contributed by atoms with E-state index in [1.54, 1.807) is 12.1 Å². The first-order valence-corrected chi connectivity index (χ1v) is 5.88. The third-order valence-electron chi connectivity index (χ3n) is 3.14. The van der Waals surface area contributed by atoms with Gasteiger partial charge < -0.3 is 15.9 Å². The molecule has 0 fully saturated rings. The van der Waals surface area contributed by atoms with Gasteiger partial charge in [0.15, 0.2) is 0 Å². The van der Waals surface area contributed by atoms with Gasteiger partial charge in [0.2, 0.25) is 0 Å². The SMILES string of the molecule is Cc1cc(O)cc(C)c1[C@H](N)[C@H](O)C(C)(C)C. The average molecular weight is 237 g/mol. The molecule has 2 atom stereocenters. The highest BCUT2D eigenvalue weighted by molar-refractivity contribution is 5.42. The van der Waals surface area contributed by atoms with Gasteiger partial charge in [-0.3, -0.25) is 0 Å². The van der Waals surface area contributed by atoms with Gasteiger partial charge in [0.1, 0.15) is 5.75 Å². The molecule has 0 heterocycles. The number of aryl methyl sites for hydroxylation is 2. The minimum atomic E-state index is -0.621. The second-order valence-corrected chi connectivity index (χ2v) is 5.83. The van der Waals surface area contributed by atoms with Crippen molar-refractivity contribution in [2.45, 2.75) is 46.8 Å². The summed E-state index contributed by atoms with van der Waals surface area (Å²) in [6.07, 6.45) is -0.621. The van der Waals surface area contributed by atoms with Crippen LogP contribution >= 0.6 is 0 Å². The minimum Gasteiger partial charge on any atom is -0.508 e. The van der Waals surface area contributed by atoms with Crippen molar-refractivity contribution >= 4 is 0 Å². The normalized spacial score (nSPS) is 15.7. The van der Waals surface area contributed by atoms with Gasteiger partial charge in [-0.1, -0.05) is 20.8 Å². The van der Waals surface area contributed by atoms with Gasteiger partial charge >= 0.3 is 0 Å². The molecule has 0 saturated heterocycles. The predicted molar refractivity (Wildman–Crippen MR) is 70.0 cm³/mol. The van der Waals surface area contributed by atoms with Crippen molar-refractivity contribution in [1.29, 1.82) is 0 Å². The summed E-state index contributed by atoms with van der Waals surface area (Å²) in [5.74, 6) is 0.237. The Balaban J connectivity index is 3.17. The Morgan fingerprint density at radius 1 is 1.12 bits per heavy atom. The molecule has 4 N–H and O–H groups in total. The number of hydrogen-bond acceptors (Lipinski definition) is 3. The quantitative estimate of drug-likeness (QED) is 0.740. The monoisotopic (exact) mass is 237 g/mol. The van der Waals surface area contributed by atoms with Crippen LogP contribution < -0.4 is 5.73 Å². The Bertz CT molecular complexity index is 384. The van der Waals surface area contributed by atoms with Crippen LogP contribution in [0.15, 0.2) is 12.1 Å². The van der Waals surface area contributed by atoms with Gasteiger partial charge in [0, 0.05) is 0 Å². The Morgan fingerprint density at radius 3 is 1.88 bits per heavy atom. The molecule has 0 unspecified atom stereocenters. The van der Waals surface area contributed by atoms with Crippen LogP contribution in [0.5, 0.6) is 5.75 Å². The molecule has 1 aromatic carbocycles. The number of nitrogens with two attached hydrogens (primary N) is 1. The van der Waals surface area contributed by atoms with Gasteiger partial charge in [-0.05, 0) is 48.1 Å². The van der Waals surface area contributed by atoms with Crippen LogP contribution in [0.2, 0.25) is 0 Å². The largest absolute Gasteiger partial charge is 0.508 e. The Labute approximate surface area is 103 Å². The summed E-state index contributed by atoms with van der Waals surface area (Å²) in [5, 5.41) is 19.7. The zero-order valence-electron chi connectivity index (χ0n) is 11.3. The van der Waals surface area contributed by atoms with Crippen LogP contribution in [-0.4, -0.2) is 16.3 Å². The van der Waals surface area contributed by atoms with Crippen LogP contribution in [0.25, 0.3) is 0 Å². The van der Waals surface area contributed by atoms with E-state index in [-0.39, 0.29) is 11.2 Å². The van der Waals surface area contributed by atoms with Gasteiger partial charge in [-0.2, -0.15) is 0 Å². The standard InChI is InChI=1S/C14H23NO2/c1-8-6-10(16)7-9(2)11(8)12(15)13(17)14(3,4)5/h6-7,12-13,16-17H,15H2,1-5H3/t12-,13-/m0/s1. The van der Waals surface area contributed by atoms with Gasteiger partial charge in [0.05, 0.1) is 12.1 Å². The van der Waals surface area contributed by atoms with E-state index in [1.165, 1.54) is 0 Å². The van der Waals surface area contributed by atoms with E-state index in [0.29, 0.717) is 0 Å². The number of aliphatic hydroxyl groups is 1. The van der Waals surface area contributed by atoms with E-state index >= 15 is 0 Å². The van der Waals surface area contributed by atoms with Crippen molar-refractivity contribution < 1.29 is 10.2 Å². The first-order valence-electron chi connectivity index (χ1n) is 5.88. The molecule has 0 aromatic heterocycles. The molecule has 3 heteroatoms. The minimum absolute atomic E-state index is 0.237. The van der Waals surface area contributed by atoms with Crippen molar-refractivity contribution in [3.05, 3.63) is 28.8 Å². The first kappa shape index (κ1) is 14.0. The highest BCUT2D eigenvalue weighted by Crippen LogP contribution is 2.33. The van der Waals surface area contributed by atoms with Gasteiger partial charge in [-0.15, -0.1) is 0 Å². The summed E-state index contributed by atoms with van der Waals surface area (Å²) >= 11 is 0. The maximum Gasteiger partial charge on any atom is 0.116 e. The number of hydrogen-bond donors (Lipinski definition) is 3. The van der Waals surface area contributed by atoms with Crippen LogP contribution in [-0.2, 0) is 0 Å². The van der Waals surface area contributed by atoms with Crippen molar-refractivity contribution in [1.82, 2.24) is 0 Å². The lowest BCUT2D eigenvalue weighted by atomic mass is 9.80. The lowest BCUT2D eigenvalue weighted by Gasteiger charge is -2.32. The molecule has 1 rings (SSSR count). The van der Waals surface area contributed by atoms with E-state index in [9.17, 15) is 10.2 Å². The fourth-order valence-electron chi connectivity index (χ4n) is 2.17. The van der Waals surface area contributed by atoms with Crippen LogP contribution in [0.1, 0.15) is 43.5 Å². The van der Waals surface area contributed by atoms with E-state index in [1.807, 2.05) is 34.6 Å². The molecule has 0 bridgehead atoms. The predicted octanol–water partition coefficient (Wildman–Crippen LogP) is 2.42. The number of aromatic hydroxyl groups is 1. The molecular weight excluding hydrogens is 214 g/mol. The van der Waals surface area contributed by atoms with Crippen molar-refractivity contribution in [2.24, 2.45) is 11.1 Å². The van der Waals surface area contributed by atoms with Crippen molar-refractivity contribution in [2.75, 3.05) is 0 Å². The summed E-state index contributed by atoms with van der Waals surface area (Å²) in [6, 6.07) is 2.92. The second-order valence-electron chi connectivity index (χ2n) is 5.83. The van der Waals surface area contributed by atoms with E-state index < -0.39 is 12.1 Å². The van der Waals surface area contributed by atoms with Crippen molar-refractivity contribution in [3.63, 3.8) is 0 Å². The third-order valence-corrected chi connectivity index (χ3v) is 3.14. The lowest BCUT2D eigenvalue weighted by Crippen LogP contribution is -2.37. The molecule has 0 saturated carbocycles. The highest BCUT2D eigenvalue weighted by atomic mass is 16.3. The molecule has 96 valence electrons. The molecule has 0 radical (unpaired) electrons. The van der Waals surface area contributed by atoms with Crippen LogP contribution in [0.4, 0.5) is 0 Å². The zero-order valence-corrected chi connectivity index (χ0v) is 11.3. The smallest absolute Gasteiger partial charge is 0.116 e. The summed E-state index contributed by atoms with van der Waals surface area (Å²) in [6.45, 7) is 9.68. The molecule has 0 spiro atoms. The summed E-state index contributed by atoms with van der Waals surface area (Å²) in [5.41, 5.74) is 8.63. The fourth-order valence-corrected chi connectivity index (χ4v) is 2.17. The highest BCUT2D eigenvalue weighted by Gasteiger charge is 2.30. The molecule has 17 heavy (non-hydrogen) atoms. The third kappa shape index (κ3) is 2.99. The second kappa shape index (κ2) is 4.67. The van der Waals surface area contributed by atoms with Crippen LogP contribution in [0, 0.1) is 19.3 Å². The summed E-state index contributed by atoms with van der Waals surface area (Å²) < 4.78 is 0. The van der Waals surface area contributed by atoms with Gasteiger partial charge in [0.25, 0.3) is 0 Å². The Hall–Kier alpha value is -1.06. The maximum absolute atomic E-state index is 10.2. The molecule has 0 aliphatic heterocycles. The number of phenols is 1. The first-order chi connectivity index (χ1) is 7.64. The summed E-state index contributed by atoms with van der Waals surface area (Å²) in [7, 11) is 0. The fraction of sp³-hybridized carbons (Fsp3) is 0.571. The zero-order chi connectivity index (χ0) is 13.4. The molecule has 1 aromatic rings. The average Bonchev–Trinajstić information content (AvgIpc) is 2.13. The van der Waals surface area contributed by atoms with Crippen molar-refractivity contribution in [3.8, 4) is 5.75 Å². The molecular formula is C14H23NO2. The molecule has 0 amide bonds. The van der Waals surface area contributed by atoms with E-state index in [2.05, 4.69) is 0 Å². The Morgan fingerprint density at radius 2 is 1.53 bits per heavy atom. The van der Waals surface area contributed by atoms with E-state index in [4.69, 9.17) is 5.73 Å². The molecule has 3 nitrogen and oxygen atoms in total. The van der Waals surface area contributed by atoms with E-state index in [0.717, 1.165) is 16.7 Å².